The van der Waals surface area contributed by atoms with Crippen LogP contribution in [-0.4, -0.2) is 14.9 Å². The second-order valence-corrected chi connectivity index (χ2v) is 6.12. The summed E-state index contributed by atoms with van der Waals surface area (Å²) in [4.78, 5) is 4.50. The molecule has 3 rings (SSSR count). The Bertz CT molecular complexity index is 526. The van der Waals surface area contributed by atoms with Crippen LogP contribution >= 0.6 is 15.9 Å². The van der Waals surface area contributed by atoms with Crippen molar-refractivity contribution in [2.45, 2.75) is 38.6 Å². The number of fused-ring (bicyclic) bond motifs is 1. The quantitative estimate of drug-likeness (QED) is 0.769. The molecule has 1 fully saturated rings. The highest BCUT2D eigenvalue weighted by Crippen LogP contribution is 2.39. The van der Waals surface area contributed by atoms with E-state index in [9.17, 15) is 0 Å². The Kier molecular flexibility index (Phi) is 3.42. The van der Waals surface area contributed by atoms with Crippen LogP contribution in [0.25, 0.3) is 11.0 Å². The minimum absolute atomic E-state index is 0.432. The van der Waals surface area contributed by atoms with E-state index < -0.39 is 0 Å². The summed E-state index contributed by atoms with van der Waals surface area (Å²) >= 11 is 3.74. The molecule has 0 aliphatic heterocycles. The maximum atomic E-state index is 4.50. The lowest BCUT2D eigenvalue weighted by molar-refractivity contribution is 0.193. The van der Waals surface area contributed by atoms with Crippen molar-refractivity contribution in [2.24, 2.45) is 5.41 Å². The molecule has 1 aromatic heterocycles. The molecule has 0 bridgehead atoms. The molecule has 1 heterocycles. The van der Waals surface area contributed by atoms with Gasteiger partial charge in [-0.2, -0.15) is 0 Å². The molecule has 0 N–H and O–H groups in total. The predicted octanol–water partition coefficient (Wildman–Crippen LogP) is 4.38. The average molecular weight is 307 g/mol. The number of imidazole rings is 1. The van der Waals surface area contributed by atoms with Crippen LogP contribution in [0.15, 0.2) is 30.6 Å². The third-order valence-electron chi connectivity index (χ3n) is 4.23. The molecular weight excluding hydrogens is 288 g/mol. The summed E-state index contributed by atoms with van der Waals surface area (Å²) in [5.74, 6) is 0. The zero-order valence-corrected chi connectivity index (χ0v) is 12.2. The Labute approximate surface area is 117 Å². The number of alkyl halides is 1. The number of aromatic nitrogens is 2. The number of hydrogen-bond acceptors (Lipinski definition) is 1. The Hall–Kier alpha value is -0.830. The third-order valence-corrected chi connectivity index (χ3v) is 5.42. The zero-order valence-electron chi connectivity index (χ0n) is 10.6. The lowest BCUT2D eigenvalue weighted by Gasteiger charge is -2.36. The molecule has 2 aromatic rings. The first-order valence-electron chi connectivity index (χ1n) is 6.79. The van der Waals surface area contributed by atoms with Gasteiger partial charge in [0.05, 0.1) is 17.4 Å². The van der Waals surface area contributed by atoms with Crippen molar-refractivity contribution in [2.75, 3.05) is 5.33 Å². The number of rotatable bonds is 3. The number of halogens is 1. The fourth-order valence-corrected chi connectivity index (χ4v) is 3.87. The standard InChI is InChI=1S/C15H19BrN2/c16-10-15(8-4-1-5-9-15)11-18-12-17-13-6-2-3-7-14(13)18/h2-3,6-7,12H,1,4-5,8-11H2. The van der Waals surface area contributed by atoms with Gasteiger partial charge >= 0.3 is 0 Å². The summed E-state index contributed by atoms with van der Waals surface area (Å²) in [5.41, 5.74) is 2.81. The van der Waals surface area contributed by atoms with Gasteiger partial charge in [0, 0.05) is 11.9 Å². The highest BCUT2D eigenvalue weighted by atomic mass is 79.9. The molecule has 0 amide bonds. The summed E-state index contributed by atoms with van der Waals surface area (Å²) in [7, 11) is 0. The van der Waals surface area contributed by atoms with Crippen LogP contribution in [0.4, 0.5) is 0 Å². The van der Waals surface area contributed by atoms with Crippen molar-refractivity contribution < 1.29 is 0 Å². The Morgan fingerprint density at radius 3 is 2.72 bits per heavy atom. The third kappa shape index (κ3) is 2.20. The summed E-state index contributed by atoms with van der Waals surface area (Å²) in [6.45, 7) is 1.10. The van der Waals surface area contributed by atoms with Gasteiger partial charge in [-0.1, -0.05) is 47.3 Å². The van der Waals surface area contributed by atoms with Gasteiger partial charge in [-0.3, -0.25) is 0 Å². The van der Waals surface area contributed by atoms with Gasteiger partial charge in [0.15, 0.2) is 0 Å². The van der Waals surface area contributed by atoms with Gasteiger partial charge < -0.3 is 4.57 Å². The summed E-state index contributed by atoms with van der Waals surface area (Å²) in [6, 6.07) is 8.42. The van der Waals surface area contributed by atoms with E-state index in [0.29, 0.717) is 5.41 Å². The molecule has 96 valence electrons. The average Bonchev–Trinajstić information content (AvgIpc) is 2.83. The molecule has 1 aromatic carbocycles. The summed E-state index contributed by atoms with van der Waals surface area (Å²) in [5, 5.41) is 1.10. The Morgan fingerprint density at radius 2 is 1.94 bits per heavy atom. The second-order valence-electron chi connectivity index (χ2n) is 5.56. The highest BCUT2D eigenvalue weighted by Gasteiger charge is 2.31. The molecule has 0 spiro atoms. The number of benzene rings is 1. The van der Waals surface area contributed by atoms with Gasteiger partial charge in [-0.15, -0.1) is 0 Å². The molecule has 0 radical (unpaired) electrons. The van der Waals surface area contributed by atoms with Crippen molar-refractivity contribution in [3.05, 3.63) is 30.6 Å². The van der Waals surface area contributed by atoms with Crippen molar-refractivity contribution in [3.63, 3.8) is 0 Å². The van der Waals surface area contributed by atoms with Gasteiger partial charge in [-0.25, -0.2) is 4.98 Å². The van der Waals surface area contributed by atoms with Crippen molar-refractivity contribution in [1.82, 2.24) is 9.55 Å². The zero-order chi connectivity index (χ0) is 12.4. The van der Waals surface area contributed by atoms with E-state index in [2.05, 4.69) is 49.7 Å². The molecule has 0 atom stereocenters. The van der Waals surface area contributed by atoms with E-state index in [1.807, 2.05) is 6.33 Å². The van der Waals surface area contributed by atoms with Gasteiger partial charge in [0.25, 0.3) is 0 Å². The van der Waals surface area contributed by atoms with E-state index in [1.54, 1.807) is 0 Å². The fourth-order valence-electron chi connectivity index (χ4n) is 3.13. The molecule has 1 aliphatic rings. The first kappa shape index (κ1) is 12.2. The van der Waals surface area contributed by atoms with Crippen LogP contribution in [0.1, 0.15) is 32.1 Å². The SMILES string of the molecule is BrCC1(Cn2cnc3ccccc32)CCCCC1. The van der Waals surface area contributed by atoms with Crippen LogP contribution in [0.3, 0.4) is 0 Å². The first-order chi connectivity index (χ1) is 8.83. The van der Waals surface area contributed by atoms with Crippen LogP contribution in [0, 0.1) is 5.41 Å². The van der Waals surface area contributed by atoms with E-state index in [0.717, 1.165) is 17.4 Å². The number of hydrogen-bond donors (Lipinski definition) is 0. The van der Waals surface area contributed by atoms with Crippen LogP contribution in [0.5, 0.6) is 0 Å². The molecule has 1 saturated carbocycles. The van der Waals surface area contributed by atoms with Crippen LogP contribution in [-0.2, 0) is 6.54 Å². The van der Waals surface area contributed by atoms with Crippen molar-refractivity contribution in [1.29, 1.82) is 0 Å². The van der Waals surface area contributed by atoms with Gasteiger partial charge in [0.1, 0.15) is 0 Å². The van der Waals surface area contributed by atoms with Crippen LogP contribution in [0.2, 0.25) is 0 Å². The monoisotopic (exact) mass is 306 g/mol. The molecule has 3 heteroatoms. The van der Waals surface area contributed by atoms with Gasteiger partial charge in [0.2, 0.25) is 0 Å². The largest absolute Gasteiger partial charge is 0.330 e. The minimum Gasteiger partial charge on any atom is -0.330 e. The molecule has 0 unspecified atom stereocenters. The molecule has 0 saturated heterocycles. The number of para-hydroxylation sites is 2. The van der Waals surface area contributed by atoms with E-state index in [4.69, 9.17) is 0 Å². The van der Waals surface area contributed by atoms with E-state index in [-0.39, 0.29) is 0 Å². The summed E-state index contributed by atoms with van der Waals surface area (Å²) in [6.07, 6.45) is 8.83. The fraction of sp³-hybridized carbons (Fsp3) is 0.533. The molecule has 18 heavy (non-hydrogen) atoms. The van der Waals surface area contributed by atoms with Crippen LogP contribution < -0.4 is 0 Å². The predicted molar refractivity (Wildman–Crippen MR) is 79.0 cm³/mol. The maximum Gasteiger partial charge on any atom is 0.0958 e. The lowest BCUT2D eigenvalue weighted by atomic mass is 9.75. The normalized spacial score (nSPS) is 19.2. The van der Waals surface area contributed by atoms with Gasteiger partial charge in [-0.05, 0) is 30.4 Å². The summed E-state index contributed by atoms with van der Waals surface area (Å²) < 4.78 is 2.34. The molecular formula is C15H19BrN2. The first-order valence-corrected chi connectivity index (χ1v) is 7.91. The van der Waals surface area contributed by atoms with E-state index >= 15 is 0 Å². The highest BCUT2D eigenvalue weighted by molar-refractivity contribution is 9.09. The topological polar surface area (TPSA) is 17.8 Å². The lowest BCUT2D eigenvalue weighted by Crippen LogP contribution is -2.30. The molecule has 1 aliphatic carbocycles. The van der Waals surface area contributed by atoms with Crippen molar-refractivity contribution in [3.8, 4) is 0 Å². The number of nitrogens with zero attached hydrogens (tertiary/aromatic N) is 2. The Balaban J connectivity index is 1.90. The molecule has 2 nitrogen and oxygen atoms in total. The van der Waals surface area contributed by atoms with Crippen molar-refractivity contribution >= 4 is 27.0 Å². The van der Waals surface area contributed by atoms with E-state index in [1.165, 1.54) is 37.6 Å². The smallest absolute Gasteiger partial charge is 0.0958 e. The Morgan fingerprint density at radius 1 is 1.17 bits per heavy atom. The maximum absolute atomic E-state index is 4.50. The second kappa shape index (κ2) is 5.04. The minimum atomic E-state index is 0.432.